The molecule has 0 radical (unpaired) electrons. The fraction of sp³-hybridized carbons (Fsp3) is 0.321. The number of anilines is 2. The van der Waals surface area contributed by atoms with Gasteiger partial charge in [0.25, 0.3) is 15.9 Å². The van der Waals surface area contributed by atoms with Gasteiger partial charge in [-0.15, -0.1) is 0 Å². The standard InChI is InChI=1S/C28H33N3O7S2/c1-3-38-23-12-8-22(9-13-23)30-39(33,34)24-14-10-21(11-15-24)29-28(32)26-20-25(16-17-27(26)37-2)40(35,36)31-18-6-4-5-7-19-31/h8-17,20,30H,3-7,18-19H2,1-2H3,(H,29,32). The maximum atomic E-state index is 13.3. The van der Waals surface area contributed by atoms with Crippen molar-refractivity contribution in [1.29, 1.82) is 0 Å². The van der Waals surface area contributed by atoms with E-state index >= 15 is 0 Å². The number of hydrogen-bond donors (Lipinski definition) is 2. The molecular weight excluding hydrogens is 554 g/mol. The SMILES string of the molecule is CCOc1ccc(NS(=O)(=O)c2ccc(NC(=O)c3cc(S(=O)(=O)N4CCCCCC4)ccc3OC)cc2)cc1. The molecule has 1 amide bonds. The van der Waals surface area contributed by atoms with Gasteiger partial charge < -0.3 is 14.8 Å². The van der Waals surface area contributed by atoms with Crippen molar-refractivity contribution in [1.82, 2.24) is 4.31 Å². The molecule has 1 fully saturated rings. The Morgan fingerprint density at radius 3 is 2.02 bits per heavy atom. The van der Waals surface area contributed by atoms with Gasteiger partial charge in [0.05, 0.1) is 29.1 Å². The van der Waals surface area contributed by atoms with Crippen molar-refractivity contribution in [2.75, 3.05) is 36.8 Å². The number of rotatable bonds is 10. The smallest absolute Gasteiger partial charge is 0.261 e. The molecule has 0 spiro atoms. The first-order valence-electron chi connectivity index (χ1n) is 13.0. The summed E-state index contributed by atoms with van der Waals surface area (Å²) >= 11 is 0. The van der Waals surface area contributed by atoms with Crippen LogP contribution in [0.25, 0.3) is 0 Å². The van der Waals surface area contributed by atoms with Gasteiger partial charge in [-0.3, -0.25) is 9.52 Å². The minimum atomic E-state index is -3.88. The summed E-state index contributed by atoms with van der Waals surface area (Å²) < 4.78 is 66.8. The van der Waals surface area contributed by atoms with Crippen LogP contribution in [0, 0.1) is 0 Å². The highest BCUT2D eigenvalue weighted by Crippen LogP contribution is 2.27. The van der Waals surface area contributed by atoms with Crippen LogP contribution in [-0.2, 0) is 20.0 Å². The van der Waals surface area contributed by atoms with Crippen molar-refractivity contribution in [2.45, 2.75) is 42.4 Å². The minimum absolute atomic E-state index is 0.00232. The van der Waals surface area contributed by atoms with E-state index in [0.29, 0.717) is 36.8 Å². The van der Waals surface area contributed by atoms with Gasteiger partial charge >= 0.3 is 0 Å². The lowest BCUT2D eigenvalue weighted by Gasteiger charge is -2.20. The quantitative estimate of drug-likeness (QED) is 0.351. The number of ether oxygens (including phenoxy) is 2. The van der Waals surface area contributed by atoms with E-state index in [0.717, 1.165) is 25.7 Å². The van der Waals surface area contributed by atoms with E-state index in [1.807, 2.05) is 6.92 Å². The van der Waals surface area contributed by atoms with Crippen molar-refractivity contribution in [3.63, 3.8) is 0 Å². The molecule has 3 aromatic carbocycles. The van der Waals surface area contributed by atoms with Gasteiger partial charge in [-0.1, -0.05) is 12.8 Å². The lowest BCUT2D eigenvalue weighted by atomic mass is 10.2. The molecule has 214 valence electrons. The van der Waals surface area contributed by atoms with Crippen LogP contribution in [0.1, 0.15) is 43.0 Å². The number of nitrogens with one attached hydrogen (secondary N) is 2. The molecular formula is C28H33N3O7S2. The highest BCUT2D eigenvalue weighted by atomic mass is 32.2. The number of amides is 1. The molecule has 1 saturated heterocycles. The molecule has 1 heterocycles. The lowest BCUT2D eigenvalue weighted by molar-refractivity contribution is 0.102. The molecule has 0 unspecified atom stereocenters. The third-order valence-corrected chi connectivity index (χ3v) is 9.75. The first kappa shape index (κ1) is 29.4. The summed E-state index contributed by atoms with van der Waals surface area (Å²) in [4.78, 5) is 13.2. The first-order valence-corrected chi connectivity index (χ1v) is 15.9. The highest BCUT2D eigenvalue weighted by molar-refractivity contribution is 7.92. The van der Waals surface area contributed by atoms with Gasteiger partial charge in [-0.05, 0) is 86.5 Å². The number of hydrogen-bond acceptors (Lipinski definition) is 7. The Morgan fingerprint density at radius 2 is 1.43 bits per heavy atom. The summed E-state index contributed by atoms with van der Waals surface area (Å²) in [5.41, 5.74) is 0.753. The molecule has 4 rings (SSSR count). The second-order valence-electron chi connectivity index (χ2n) is 9.22. The third kappa shape index (κ3) is 6.93. The predicted molar refractivity (Wildman–Crippen MR) is 153 cm³/mol. The molecule has 0 aromatic heterocycles. The molecule has 2 N–H and O–H groups in total. The van der Waals surface area contributed by atoms with Crippen LogP contribution in [0.4, 0.5) is 11.4 Å². The molecule has 3 aromatic rings. The van der Waals surface area contributed by atoms with Crippen LogP contribution >= 0.6 is 0 Å². The van der Waals surface area contributed by atoms with Crippen molar-refractivity contribution in [2.24, 2.45) is 0 Å². The molecule has 0 bridgehead atoms. The van der Waals surface area contributed by atoms with Gasteiger partial charge in [-0.25, -0.2) is 16.8 Å². The van der Waals surface area contributed by atoms with E-state index in [1.165, 1.54) is 53.9 Å². The molecule has 1 aliphatic rings. The van der Waals surface area contributed by atoms with Crippen molar-refractivity contribution in [3.05, 3.63) is 72.3 Å². The Morgan fingerprint density at radius 1 is 0.825 bits per heavy atom. The van der Waals surface area contributed by atoms with E-state index < -0.39 is 26.0 Å². The fourth-order valence-electron chi connectivity index (χ4n) is 4.37. The first-order chi connectivity index (χ1) is 19.1. The maximum absolute atomic E-state index is 13.3. The molecule has 0 saturated carbocycles. The van der Waals surface area contributed by atoms with Crippen LogP contribution in [0.5, 0.6) is 11.5 Å². The Kier molecular flexibility index (Phi) is 9.33. The monoisotopic (exact) mass is 587 g/mol. The number of sulfonamides is 2. The zero-order valence-electron chi connectivity index (χ0n) is 22.4. The normalized spacial score (nSPS) is 14.7. The van der Waals surface area contributed by atoms with Crippen LogP contribution < -0.4 is 19.5 Å². The minimum Gasteiger partial charge on any atom is -0.496 e. The Labute approximate surface area is 235 Å². The molecule has 10 nitrogen and oxygen atoms in total. The van der Waals surface area contributed by atoms with Gasteiger partial charge in [0.1, 0.15) is 11.5 Å². The van der Waals surface area contributed by atoms with E-state index in [-0.39, 0.29) is 21.1 Å². The zero-order chi connectivity index (χ0) is 28.8. The summed E-state index contributed by atoms with van der Waals surface area (Å²) in [6.07, 6.45) is 3.56. The van der Waals surface area contributed by atoms with Gasteiger partial charge in [0, 0.05) is 24.5 Å². The van der Waals surface area contributed by atoms with E-state index in [4.69, 9.17) is 9.47 Å². The average molecular weight is 588 g/mol. The lowest BCUT2D eigenvalue weighted by Crippen LogP contribution is -2.32. The summed E-state index contributed by atoms with van der Waals surface area (Å²) in [5, 5.41) is 2.69. The van der Waals surface area contributed by atoms with Crippen LogP contribution in [-0.4, -0.2) is 53.9 Å². The second-order valence-corrected chi connectivity index (χ2v) is 12.8. The zero-order valence-corrected chi connectivity index (χ0v) is 24.1. The van der Waals surface area contributed by atoms with Crippen molar-refractivity contribution >= 4 is 37.3 Å². The summed E-state index contributed by atoms with van der Waals surface area (Å²) in [6.45, 7) is 3.25. The maximum Gasteiger partial charge on any atom is 0.261 e. The molecule has 1 aliphatic heterocycles. The number of benzene rings is 3. The summed E-state index contributed by atoms with van der Waals surface area (Å²) in [5.74, 6) is 0.256. The van der Waals surface area contributed by atoms with Gasteiger partial charge in [0.15, 0.2) is 0 Å². The molecule has 12 heteroatoms. The van der Waals surface area contributed by atoms with Crippen molar-refractivity contribution < 1.29 is 31.1 Å². The molecule has 0 atom stereocenters. The topological polar surface area (TPSA) is 131 Å². The van der Waals surface area contributed by atoms with Gasteiger partial charge in [-0.2, -0.15) is 4.31 Å². The van der Waals surface area contributed by atoms with E-state index in [1.54, 1.807) is 24.3 Å². The average Bonchev–Trinajstić information content (AvgIpc) is 3.24. The summed E-state index contributed by atoms with van der Waals surface area (Å²) in [6, 6.07) is 16.4. The number of methoxy groups -OCH3 is 1. The number of nitrogens with zero attached hydrogens (tertiary/aromatic N) is 1. The Bertz CT molecular complexity index is 1530. The summed E-state index contributed by atoms with van der Waals surface area (Å²) in [7, 11) is -6.26. The Balaban J connectivity index is 1.49. The van der Waals surface area contributed by atoms with Crippen molar-refractivity contribution in [3.8, 4) is 11.5 Å². The highest BCUT2D eigenvalue weighted by Gasteiger charge is 2.27. The number of carbonyl (C=O) groups excluding carboxylic acids is 1. The predicted octanol–water partition coefficient (Wildman–Crippen LogP) is 4.71. The second kappa shape index (κ2) is 12.7. The Hall–Kier alpha value is -3.61. The molecule has 0 aliphatic carbocycles. The van der Waals surface area contributed by atoms with E-state index in [9.17, 15) is 21.6 Å². The van der Waals surface area contributed by atoms with E-state index in [2.05, 4.69) is 10.0 Å². The molecule has 40 heavy (non-hydrogen) atoms. The fourth-order valence-corrected chi connectivity index (χ4v) is 6.97. The van der Waals surface area contributed by atoms with Gasteiger partial charge in [0.2, 0.25) is 10.0 Å². The number of carbonyl (C=O) groups is 1. The largest absolute Gasteiger partial charge is 0.496 e. The van der Waals surface area contributed by atoms with Crippen LogP contribution in [0.3, 0.4) is 0 Å². The van der Waals surface area contributed by atoms with Crippen LogP contribution in [0.15, 0.2) is 76.5 Å². The third-order valence-electron chi connectivity index (χ3n) is 6.46. The van der Waals surface area contributed by atoms with Crippen LogP contribution in [0.2, 0.25) is 0 Å².